The topological polar surface area (TPSA) is 99.4 Å². The molecular weight excluding hydrogens is 408 g/mol. The van der Waals surface area contributed by atoms with Gasteiger partial charge in [-0.2, -0.15) is 0 Å². The molecule has 4 N–H and O–H groups in total. The molecule has 0 rings (SSSR count). The Kier molecular flexibility index (Phi) is 22.4. The van der Waals surface area contributed by atoms with Crippen molar-refractivity contribution in [3.05, 3.63) is 0 Å². The van der Waals surface area contributed by atoms with E-state index in [2.05, 4.69) is 13.8 Å². The van der Waals surface area contributed by atoms with Gasteiger partial charge < -0.3 is 29.9 Å². The maximum absolute atomic E-state index is 9.86. The minimum atomic E-state index is -1.06. The molecule has 0 saturated heterocycles. The Balaban J connectivity index is 3.30. The van der Waals surface area contributed by atoms with Gasteiger partial charge in [0, 0.05) is 6.61 Å². The van der Waals surface area contributed by atoms with Crippen molar-refractivity contribution in [1.82, 2.24) is 0 Å². The molecule has 0 fully saturated rings. The Morgan fingerprint density at radius 1 is 0.594 bits per heavy atom. The van der Waals surface area contributed by atoms with Crippen molar-refractivity contribution in [2.45, 2.75) is 110 Å². The van der Waals surface area contributed by atoms with Crippen molar-refractivity contribution in [1.29, 1.82) is 0 Å². The standard InChI is InChI=1S/C26H54O6/c1-24(2)16-14-12-10-8-6-4-3-5-7-9-11-13-15-17-31-18-25(30)19-32-23-26(20-27,21-28)22-29/h24-25,27-30H,3-23H2,1-2H3. The zero-order valence-corrected chi connectivity index (χ0v) is 21.1. The lowest BCUT2D eigenvalue weighted by Crippen LogP contribution is -2.39. The monoisotopic (exact) mass is 462 g/mol. The molecule has 0 aliphatic rings. The van der Waals surface area contributed by atoms with E-state index in [0.29, 0.717) is 6.61 Å². The SMILES string of the molecule is CC(C)CCCCCCCCCCCCCCCOCC(O)COCC(CO)(CO)CO. The largest absolute Gasteiger partial charge is 0.396 e. The van der Waals surface area contributed by atoms with Gasteiger partial charge in [-0.15, -0.1) is 0 Å². The van der Waals surface area contributed by atoms with Crippen molar-refractivity contribution in [3.8, 4) is 0 Å². The van der Waals surface area contributed by atoms with E-state index in [1.807, 2.05) is 0 Å². The first kappa shape index (κ1) is 31.8. The summed E-state index contributed by atoms with van der Waals surface area (Å²) in [6, 6.07) is 0. The third kappa shape index (κ3) is 19.2. The van der Waals surface area contributed by atoms with E-state index >= 15 is 0 Å². The Hall–Kier alpha value is -0.240. The molecule has 0 saturated carbocycles. The third-order valence-electron chi connectivity index (χ3n) is 6.11. The fourth-order valence-corrected chi connectivity index (χ4v) is 3.67. The molecule has 0 bridgehead atoms. The van der Waals surface area contributed by atoms with Gasteiger partial charge in [0.25, 0.3) is 0 Å². The molecule has 0 aliphatic carbocycles. The van der Waals surface area contributed by atoms with Crippen molar-refractivity contribution < 1.29 is 29.9 Å². The highest BCUT2D eigenvalue weighted by molar-refractivity contribution is 4.76. The molecule has 1 atom stereocenters. The summed E-state index contributed by atoms with van der Waals surface area (Å²) in [5.41, 5.74) is -1.06. The smallest absolute Gasteiger partial charge is 0.101 e. The van der Waals surface area contributed by atoms with Crippen molar-refractivity contribution in [2.75, 3.05) is 46.2 Å². The second-order valence-corrected chi connectivity index (χ2v) is 10.00. The predicted octanol–water partition coefficient (Wildman–Crippen LogP) is 4.46. The Morgan fingerprint density at radius 3 is 1.44 bits per heavy atom. The van der Waals surface area contributed by atoms with Crippen LogP contribution in [0.5, 0.6) is 0 Å². The minimum absolute atomic E-state index is 0.00793. The van der Waals surface area contributed by atoms with Gasteiger partial charge in [0.15, 0.2) is 0 Å². The Morgan fingerprint density at radius 2 is 1.00 bits per heavy atom. The van der Waals surface area contributed by atoms with Gasteiger partial charge in [-0.05, 0) is 12.3 Å². The van der Waals surface area contributed by atoms with Crippen molar-refractivity contribution in [2.24, 2.45) is 11.3 Å². The highest BCUT2D eigenvalue weighted by Crippen LogP contribution is 2.16. The summed E-state index contributed by atoms with van der Waals surface area (Å²) in [5, 5.41) is 37.5. The summed E-state index contributed by atoms with van der Waals surface area (Å²) in [6.45, 7) is 4.41. The molecule has 0 aromatic rings. The van der Waals surface area contributed by atoms with Gasteiger partial charge in [-0.3, -0.25) is 0 Å². The lowest BCUT2D eigenvalue weighted by atomic mass is 9.93. The van der Waals surface area contributed by atoms with Crippen LogP contribution >= 0.6 is 0 Å². The van der Waals surface area contributed by atoms with Crippen LogP contribution < -0.4 is 0 Å². The van der Waals surface area contributed by atoms with Crippen LogP contribution in [0.3, 0.4) is 0 Å². The molecule has 1 unspecified atom stereocenters. The molecule has 6 heteroatoms. The van der Waals surface area contributed by atoms with Crippen LogP contribution in [0.2, 0.25) is 0 Å². The zero-order valence-electron chi connectivity index (χ0n) is 21.1. The second kappa shape index (κ2) is 22.5. The first-order valence-corrected chi connectivity index (χ1v) is 13.2. The third-order valence-corrected chi connectivity index (χ3v) is 6.11. The average Bonchev–Trinajstić information content (AvgIpc) is 2.79. The summed E-state index contributed by atoms with van der Waals surface area (Å²) in [4.78, 5) is 0. The fraction of sp³-hybridized carbons (Fsp3) is 1.00. The Bertz CT molecular complexity index is 365. The van der Waals surface area contributed by atoms with Crippen molar-refractivity contribution >= 4 is 0 Å². The van der Waals surface area contributed by atoms with Crippen molar-refractivity contribution in [3.63, 3.8) is 0 Å². The van der Waals surface area contributed by atoms with Crippen LogP contribution in [0.15, 0.2) is 0 Å². The number of unbranched alkanes of at least 4 members (excludes halogenated alkanes) is 12. The number of aliphatic hydroxyl groups is 4. The van der Waals surface area contributed by atoms with Crippen LogP contribution in [0.1, 0.15) is 104 Å². The number of ether oxygens (including phenoxy) is 2. The van der Waals surface area contributed by atoms with Gasteiger partial charge in [0.05, 0.1) is 45.1 Å². The van der Waals surface area contributed by atoms with E-state index in [1.165, 1.54) is 77.0 Å². The van der Waals surface area contributed by atoms with Gasteiger partial charge in [-0.1, -0.05) is 97.3 Å². The maximum atomic E-state index is 9.86. The van der Waals surface area contributed by atoms with E-state index in [4.69, 9.17) is 9.47 Å². The summed E-state index contributed by atoms with van der Waals surface area (Å²) in [7, 11) is 0. The normalized spacial score (nSPS) is 13.2. The number of aliphatic hydroxyl groups excluding tert-OH is 4. The number of hydrogen-bond donors (Lipinski definition) is 4. The van der Waals surface area contributed by atoms with Crippen LogP contribution in [0, 0.1) is 11.3 Å². The molecule has 0 aromatic carbocycles. The molecule has 194 valence electrons. The van der Waals surface area contributed by atoms with E-state index in [9.17, 15) is 20.4 Å². The quantitative estimate of drug-likeness (QED) is 0.150. The van der Waals surface area contributed by atoms with Crippen LogP contribution in [0.25, 0.3) is 0 Å². The summed E-state index contributed by atoms with van der Waals surface area (Å²) in [5.74, 6) is 0.854. The second-order valence-electron chi connectivity index (χ2n) is 10.00. The molecule has 0 aliphatic heterocycles. The molecule has 0 radical (unpaired) electrons. The highest BCUT2D eigenvalue weighted by Gasteiger charge is 2.28. The molecule has 0 aromatic heterocycles. The Labute approximate surface area is 197 Å². The molecule has 0 heterocycles. The number of hydrogen-bond acceptors (Lipinski definition) is 6. The molecular formula is C26H54O6. The summed E-state index contributed by atoms with van der Waals surface area (Å²) in [6.07, 6.45) is 17.9. The van der Waals surface area contributed by atoms with Crippen LogP contribution in [0.4, 0.5) is 0 Å². The lowest BCUT2D eigenvalue weighted by molar-refractivity contribution is -0.0831. The number of rotatable bonds is 25. The molecule has 6 nitrogen and oxygen atoms in total. The van der Waals surface area contributed by atoms with E-state index in [1.54, 1.807) is 0 Å². The maximum Gasteiger partial charge on any atom is 0.101 e. The van der Waals surface area contributed by atoms with Gasteiger partial charge in [0.2, 0.25) is 0 Å². The molecule has 32 heavy (non-hydrogen) atoms. The minimum Gasteiger partial charge on any atom is -0.396 e. The average molecular weight is 463 g/mol. The summed E-state index contributed by atoms with van der Waals surface area (Å²) < 4.78 is 10.8. The highest BCUT2D eigenvalue weighted by atomic mass is 16.5. The van der Waals surface area contributed by atoms with Gasteiger partial charge >= 0.3 is 0 Å². The summed E-state index contributed by atoms with van der Waals surface area (Å²) >= 11 is 0. The first-order chi connectivity index (χ1) is 15.5. The van der Waals surface area contributed by atoms with Crippen LogP contribution in [-0.4, -0.2) is 72.8 Å². The van der Waals surface area contributed by atoms with Gasteiger partial charge in [0.1, 0.15) is 6.10 Å². The van der Waals surface area contributed by atoms with E-state index in [-0.39, 0.29) is 39.6 Å². The van der Waals surface area contributed by atoms with Crippen LogP contribution in [-0.2, 0) is 9.47 Å². The first-order valence-electron chi connectivity index (χ1n) is 13.2. The van der Waals surface area contributed by atoms with E-state index in [0.717, 1.165) is 18.8 Å². The molecule has 0 spiro atoms. The zero-order chi connectivity index (χ0) is 23.9. The fourth-order valence-electron chi connectivity index (χ4n) is 3.67. The lowest BCUT2D eigenvalue weighted by Gasteiger charge is -2.27. The van der Waals surface area contributed by atoms with Gasteiger partial charge in [-0.25, -0.2) is 0 Å². The molecule has 0 amide bonds. The predicted molar refractivity (Wildman–Crippen MR) is 131 cm³/mol. The van der Waals surface area contributed by atoms with E-state index < -0.39 is 11.5 Å².